The van der Waals surface area contributed by atoms with Gasteiger partial charge in [0, 0.05) is 6.07 Å². The molecule has 3 aromatic carbocycles. The summed E-state index contributed by atoms with van der Waals surface area (Å²) in [6.45, 7) is 0.0104. The van der Waals surface area contributed by atoms with Crippen LogP contribution >= 0.6 is 0 Å². The molecule has 35 heavy (non-hydrogen) atoms. The van der Waals surface area contributed by atoms with Crippen LogP contribution in [0.15, 0.2) is 60.7 Å². The number of hydrogen-bond donors (Lipinski definition) is 0. The summed E-state index contributed by atoms with van der Waals surface area (Å²) in [5, 5.41) is 0. The summed E-state index contributed by atoms with van der Waals surface area (Å²) in [4.78, 5) is 25.2. The van der Waals surface area contributed by atoms with E-state index in [9.17, 15) is 31.5 Å². The van der Waals surface area contributed by atoms with Crippen molar-refractivity contribution in [3.05, 3.63) is 89.0 Å². The van der Waals surface area contributed by atoms with Crippen LogP contribution in [0.2, 0.25) is 0 Å². The Kier molecular flexibility index (Phi) is 6.72. The van der Waals surface area contributed by atoms with Crippen molar-refractivity contribution in [1.82, 2.24) is 4.90 Å². The van der Waals surface area contributed by atoms with Gasteiger partial charge < -0.3 is 9.47 Å². The monoisotopic (exact) mass is 491 g/mol. The number of hydrogen-bond acceptors (Lipinski definition) is 4. The van der Waals surface area contributed by atoms with Gasteiger partial charge >= 0.3 is 12.3 Å². The van der Waals surface area contributed by atoms with Crippen LogP contribution in [-0.4, -0.2) is 30.1 Å². The number of imide groups is 1. The smallest absolute Gasteiger partial charge is 0.416 e. The minimum atomic E-state index is -4.49. The zero-order valence-corrected chi connectivity index (χ0v) is 18.1. The van der Waals surface area contributed by atoms with E-state index in [-0.39, 0.29) is 37.5 Å². The molecule has 1 fully saturated rings. The first-order valence-corrected chi connectivity index (χ1v) is 10.4. The average molecular weight is 491 g/mol. The molecule has 1 aliphatic heterocycles. The second kappa shape index (κ2) is 9.73. The number of ether oxygens (including phenoxy) is 2. The zero-order valence-electron chi connectivity index (χ0n) is 18.1. The van der Waals surface area contributed by atoms with E-state index in [1.165, 1.54) is 24.3 Å². The van der Waals surface area contributed by atoms with Crippen molar-refractivity contribution < 1.29 is 41.0 Å². The van der Waals surface area contributed by atoms with Gasteiger partial charge in [0.25, 0.3) is 0 Å². The minimum absolute atomic E-state index is 0.0920. The molecule has 0 aromatic heterocycles. The molecule has 2 amide bonds. The van der Waals surface area contributed by atoms with Crippen LogP contribution in [0.1, 0.15) is 16.7 Å². The van der Waals surface area contributed by atoms with Gasteiger partial charge in [-0.1, -0.05) is 18.2 Å². The molecule has 0 aliphatic carbocycles. The molecule has 5 nitrogen and oxygen atoms in total. The van der Waals surface area contributed by atoms with Gasteiger partial charge in [-0.25, -0.2) is 18.5 Å². The topological polar surface area (TPSA) is 55.8 Å². The first kappa shape index (κ1) is 24.2. The molecule has 1 heterocycles. The SMILES string of the molecule is O=C(Cc1cc(OCc2cc(F)cc(F)c2)cc(-c2ccc(C(F)(F)F)cc2)c1)N1CCOC1=O. The summed E-state index contributed by atoms with van der Waals surface area (Å²) < 4.78 is 76.2. The summed E-state index contributed by atoms with van der Waals surface area (Å²) in [6, 6.07) is 12.0. The van der Waals surface area contributed by atoms with Gasteiger partial charge in [-0.05, 0) is 58.7 Å². The Balaban J connectivity index is 1.63. The van der Waals surface area contributed by atoms with Gasteiger partial charge in [0.1, 0.15) is 30.6 Å². The maximum Gasteiger partial charge on any atom is 0.416 e. The fourth-order valence-corrected chi connectivity index (χ4v) is 3.62. The van der Waals surface area contributed by atoms with Gasteiger partial charge in [-0.3, -0.25) is 4.79 Å². The van der Waals surface area contributed by atoms with Gasteiger partial charge in [0.15, 0.2) is 0 Å². The maximum atomic E-state index is 13.5. The lowest BCUT2D eigenvalue weighted by molar-refractivity contribution is -0.137. The van der Waals surface area contributed by atoms with Crippen LogP contribution < -0.4 is 4.74 Å². The Morgan fingerprint density at radius 3 is 2.20 bits per heavy atom. The Labute approximate surface area is 196 Å². The molecule has 0 N–H and O–H groups in total. The van der Waals surface area contributed by atoms with Crippen molar-refractivity contribution >= 4 is 12.0 Å². The quantitative estimate of drug-likeness (QED) is 0.412. The van der Waals surface area contributed by atoms with Crippen LogP contribution in [-0.2, 0) is 28.7 Å². The lowest BCUT2D eigenvalue weighted by Crippen LogP contribution is -2.32. The largest absolute Gasteiger partial charge is 0.489 e. The van der Waals surface area contributed by atoms with Gasteiger partial charge in [-0.2, -0.15) is 13.2 Å². The molecule has 10 heteroatoms. The second-order valence-electron chi connectivity index (χ2n) is 7.84. The van der Waals surface area contributed by atoms with Crippen molar-refractivity contribution in [3.63, 3.8) is 0 Å². The second-order valence-corrected chi connectivity index (χ2v) is 7.84. The lowest BCUT2D eigenvalue weighted by Gasteiger charge is -2.14. The Morgan fingerprint density at radius 2 is 1.60 bits per heavy atom. The van der Waals surface area contributed by atoms with Crippen LogP contribution in [0, 0.1) is 11.6 Å². The summed E-state index contributed by atoms with van der Waals surface area (Å²) in [5.74, 6) is -1.84. The predicted molar refractivity (Wildman–Crippen MR) is 114 cm³/mol. The third-order valence-corrected chi connectivity index (χ3v) is 5.26. The first-order chi connectivity index (χ1) is 16.6. The fraction of sp³-hybridized carbons (Fsp3) is 0.200. The Bertz CT molecular complexity index is 1240. The van der Waals surface area contributed by atoms with Crippen LogP contribution in [0.3, 0.4) is 0 Å². The summed E-state index contributed by atoms with van der Waals surface area (Å²) >= 11 is 0. The number of rotatable bonds is 6. The lowest BCUT2D eigenvalue weighted by atomic mass is 9.99. The van der Waals surface area contributed by atoms with E-state index < -0.39 is 35.4 Å². The Hall–Kier alpha value is -3.95. The number of nitrogens with zero attached hydrogens (tertiary/aromatic N) is 1. The zero-order chi connectivity index (χ0) is 25.2. The maximum absolute atomic E-state index is 13.5. The number of carbonyl (C=O) groups excluding carboxylic acids is 2. The van der Waals surface area contributed by atoms with E-state index in [2.05, 4.69) is 0 Å². The van der Waals surface area contributed by atoms with E-state index in [1.54, 1.807) is 6.07 Å². The molecule has 0 saturated carbocycles. The van der Waals surface area contributed by atoms with Crippen molar-refractivity contribution in [2.75, 3.05) is 13.2 Å². The van der Waals surface area contributed by atoms with Crippen molar-refractivity contribution in [2.45, 2.75) is 19.2 Å². The molecule has 0 unspecified atom stereocenters. The molecule has 182 valence electrons. The van der Waals surface area contributed by atoms with Crippen molar-refractivity contribution in [3.8, 4) is 16.9 Å². The molecule has 1 saturated heterocycles. The molecule has 0 atom stereocenters. The highest BCUT2D eigenvalue weighted by atomic mass is 19.4. The third kappa shape index (κ3) is 5.95. The van der Waals surface area contributed by atoms with Crippen LogP contribution in [0.25, 0.3) is 11.1 Å². The number of carbonyl (C=O) groups is 2. The van der Waals surface area contributed by atoms with E-state index in [1.807, 2.05) is 0 Å². The van der Waals surface area contributed by atoms with E-state index in [0.717, 1.165) is 35.2 Å². The van der Waals surface area contributed by atoms with Gasteiger partial charge in [0.2, 0.25) is 5.91 Å². The number of alkyl halides is 3. The Morgan fingerprint density at radius 1 is 0.914 bits per heavy atom. The van der Waals surface area contributed by atoms with Crippen LogP contribution in [0.4, 0.5) is 26.7 Å². The van der Waals surface area contributed by atoms with E-state index >= 15 is 0 Å². The molecule has 1 aliphatic rings. The number of amides is 2. The third-order valence-electron chi connectivity index (χ3n) is 5.26. The molecule has 0 spiro atoms. The highest BCUT2D eigenvalue weighted by molar-refractivity contribution is 5.94. The standard InChI is InChI=1S/C25H18F5NO4/c26-20-8-16(9-21(27)13-20)14-35-22-10-15(11-23(32)31-5-6-34-24(31)33)7-18(12-22)17-1-3-19(4-2-17)25(28,29)30/h1-4,7-10,12-13H,5-6,11,14H2. The van der Waals surface area contributed by atoms with Crippen molar-refractivity contribution in [1.29, 1.82) is 0 Å². The van der Waals surface area contributed by atoms with E-state index in [0.29, 0.717) is 16.7 Å². The molecule has 0 bridgehead atoms. The molecule has 0 radical (unpaired) electrons. The summed E-state index contributed by atoms with van der Waals surface area (Å²) in [7, 11) is 0. The number of benzene rings is 3. The summed E-state index contributed by atoms with van der Waals surface area (Å²) in [6.07, 6.45) is -5.45. The highest BCUT2D eigenvalue weighted by Gasteiger charge is 2.30. The van der Waals surface area contributed by atoms with Crippen LogP contribution in [0.5, 0.6) is 5.75 Å². The minimum Gasteiger partial charge on any atom is -0.489 e. The van der Waals surface area contributed by atoms with Gasteiger partial charge in [-0.15, -0.1) is 0 Å². The molecular formula is C25H18F5NO4. The summed E-state index contributed by atoms with van der Waals surface area (Å²) in [5.41, 5.74) is 0.708. The predicted octanol–water partition coefficient (Wildman–Crippen LogP) is 5.75. The molecular weight excluding hydrogens is 473 g/mol. The number of cyclic esters (lactones) is 1. The number of halogens is 5. The molecule has 3 aromatic rings. The molecule has 4 rings (SSSR count). The normalized spacial score (nSPS) is 13.6. The average Bonchev–Trinajstić information content (AvgIpc) is 3.22. The van der Waals surface area contributed by atoms with Crippen molar-refractivity contribution in [2.24, 2.45) is 0 Å². The first-order valence-electron chi connectivity index (χ1n) is 10.4. The highest BCUT2D eigenvalue weighted by Crippen LogP contribution is 2.32. The fourth-order valence-electron chi connectivity index (χ4n) is 3.62. The van der Waals surface area contributed by atoms with Gasteiger partial charge in [0.05, 0.1) is 18.5 Å². The van der Waals surface area contributed by atoms with E-state index in [4.69, 9.17) is 9.47 Å².